The van der Waals surface area contributed by atoms with E-state index in [9.17, 15) is 0 Å². The van der Waals surface area contributed by atoms with Gasteiger partial charge in [0.1, 0.15) is 23.2 Å². The van der Waals surface area contributed by atoms with Crippen LogP contribution in [0.4, 0.5) is 11.6 Å². The predicted octanol–water partition coefficient (Wildman–Crippen LogP) is 2.73. The molecule has 0 aromatic carbocycles. The molecule has 6 heteroatoms. The molecule has 3 N–H and O–H groups in total. The van der Waals surface area contributed by atoms with E-state index in [4.69, 9.17) is 10.3 Å². The smallest absolute Gasteiger partial charge is 0.148 e. The highest BCUT2D eigenvalue weighted by atomic mass is 16.3. The standard InChI is InChI=1S/C15H23N5O/c1-9(2)13-17-14(19-16)10(3)15(18-13)20(5)8-12-6-7-21-11(12)4/h6-7,9H,8,16H2,1-5H3,(H,17,18,19). The molecule has 0 fully saturated rings. The van der Waals surface area contributed by atoms with Crippen molar-refractivity contribution in [1.29, 1.82) is 0 Å². The van der Waals surface area contributed by atoms with E-state index in [1.807, 2.05) is 27.0 Å². The molecule has 0 saturated carbocycles. The van der Waals surface area contributed by atoms with Gasteiger partial charge in [-0.3, -0.25) is 0 Å². The lowest BCUT2D eigenvalue weighted by Gasteiger charge is -2.22. The first-order valence-corrected chi connectivity index (χ1v) is 7.03. The number of nitrogens with one attached hydrogen (secondary N) is 1. The van der Waals surface area contributed by atoms with Gasteiger partial charge in [-0.25, -0.2) is 15.8 Å². The summed E-state index contributed by atoms with van der Waals surface area (Å²) in [5.41, 5.74) is 4.74. The SMILES string of the molecule is Cc1occc1CN(C)c1nc(C(C)C)nc(NN)c1C. The number of nitrogens with zero attached hydrogens (tertiary/aromatic N) is 3. The average molecular weight is 289 g/mol. The fourth-order valence-electron chi connectivity index (χ4n) is 2.20. The van der Waals surface area contributed by atoms with Gasteiger partial charge in [-0.1, -0.05) is 13.8 Å². The van der Waals surface area contributed by atoms with Gasteiger partial charge in [0, 0.05) is 30.6 Å². The number of aryl methyl sites for hydroxylation is 1. The molecule has 6 nitrogen and oxygen atoms in total. The Hall–Kier alpha value is -2.08. The van der Waals surface area contributed by atoms with Gasteiger partial charge in [-0.05, 0) is 19.9 Å². The summed E-state index contributed by atoms with van der Waals surface area (Å²) in [6, 6.07) is 1.98. The first-order valence-electron chi connectivity index (χ1n) is 7.03. The molecule has 0 unspecified atom stereocenters. The van der Waals surface area contributed by atoms with Gasteiger partial charge < -0.3 is 14.7 Å². The zero-order valence-corrected chi connectivity index (χ0v) is 13.3. The Balaban J connectivity index is 2.37. The van der Waals surface area contributed by atoms with Gasteiger partial charge >= 0.3 is 0 Å². The quantitative estimate of drug-likeness (QED) is 0.651. The van der Waals surface area contributed by atoms with Gasteiger partial charge in [-0.2, -0.15) is 0 Å². The molecule has 0 aliphatic rings. The van der Waals surface area contributed by atoms with Crippen LogP contribution in [-0.4, -0.2) is 17.0 Å². The number of hydrogen-bond donors (Lipinski definition) is 2. The summed E-state index contributed by atoms with van der Waals surface area (Å²) < 4.78 is 5.35. The van der Waals surface area contributed by atoms with Crippen LogP contribution in [0.2, 0.25) is 0 Å². The maximum absolute atomic E-state index is 5.58. The summed E-state index contributed by atoms with van der Waals surface area (Å²) in [6.07, 6.45) is 1.71. The van der Waals surface area contributed by atoms with Crippen LogP contribution in [0.15, 0.2) is 16.7 Å². The van der Waals surface area contributed by atoms with Crippen molar-refractivity contribution in [3.63, 3.8) is 0 Å². The van der Waals surface area contributed by atoms with Crippen molar-refractivity contribution in [2.45, 2.75) is 40.2 Å². The van der Waals surface area contributed by atoms with E-state index in [1.54, 1.807) is 6.26 Å². The zero-order valence-electron chi connectivity index (χ0n) is 13.3. The van der Waals surface area contributed by atoms with E-state index in [-0.39, 0.29) is 5.92 Å². The van der Waals surface area contributed by atoms with Crippen LogP contribution in [0.3, 0.4) is 0 Å². The molecule has 2 rings (SSSR count). The molecular formula is C15H23N5O. The lowest BCUT2D eigenvalue weighted by molar-refractivity contribution is 0.529. The van der Waals surface area contributed by atoms with E-state index >= 15 is 0 Å². The van der Waals surface area contributed by atoms with Crippen molar-refractivity contribution in [3.05, 3.63) is 35.0 Å². The average Bonchev–Trinajstić information content (AvgIpc) is 2.84. The van der Waals surface area contributed by atoms with Crippen LogP contribution >= 0.6 is 0 Å². The molecule has 2 aromatic heterocycles. The van der Waals surface area contributed by atoms with Crippen LogP contribution in [-0.2, 0) is 6.54 Å². The largest absolute Gasteiger partial charge is 0.469 e. The summed E-state index contributed by atoms with van der Waals surface area (Å²) in [5, 5.41) is 0. The third-order valence-electron chi connectivity index (χ3n) is 3.53. The van der Waals surface area contributed by atoms with Gasteiger partial charge in [-0.15, -0.1) is 0 Å². The highest BCUT2D eigenvalue weighted by Gasteiger charge is 2.16. The summed E-state index contributed by atoms with van der Waals surface area (Å²) in [5.74, 6) is 9.06. The Morgan fingerprint density at radius 2 is 2.05 bits per heavy atom. The Bertz CT molecular complexity index is 621. The van der Waals surface area contributed by atoms with Crippen LogP contribution in [0.25, 0.3) is 0 Å². The Labute approximate surface area is 125 Å². The molecule has 114 valence electrons. The minimum absolute atomic E-state index is 0.237. The molecule has 21 heavy (non-hydrogen) atoms. The predicted molar refractivity (Wildman–Crippen MR) is 84.2 cm³/mol. The van der Waals surface area contributed by atoms with Crippen LogP contribution in [0, 0.1) is 13.8 Å². The third-order valence-corrected chi connectivity index (χ3v) is 3.53. The van der Waals surface area contributed by atoms with Crippen molar-refractivity contribution < 1.29 is 4.42 Å². The number of anilines is 2. The molecule has 0 spiro atoms. The maximum Gasteiger partial charge on any atom is 0.148 e. The fraction of sp³-hybridized carbons (Fsp3) is 0.467. The van der Waals surface area contributed by atoms with Crippen molar-refractivity contribution in [2.24, 2.45) is 5.84 Å². The highest BCUT2D eigenvalue weighted by Crippen LogP contribution is 2.26. The molecule has 0 radical (unpaired) electrons. The number of nitrogen functional groups attached to an aromatic ring is 1. The van der Waals surface area contributed by atoms with Crippen LogP contribution < -0.4 is 16.2 Å². The van der Waals surface area contributed by atoms with Gasteiger partial charge in [0.05, 0.1) is 6.26 Å². The minimum Gasteiger partial charge on any atom is -0.469 e. The van der Waals surface area contributed by atoms with E-state index in [0.29, 0.717) is 5.82 Å². The first-order chi connectivity index (χ1) is 9.93. The molecule has 0 saturated heterocycles. The monoisotopic (exact) mass is 289 g/mol. The van der Waals surface area contributed by atoms with Crippen LogP contribution in [0.1, 0.15) is 42.5 Å². The zero-order chi connectivity index (χ0) is 15.6. The van der Waals surface area contributed by atoms with E-state index in [0.717, 1.165) is 35.1 Å². The number of aromatic nitrogens is 2. The number of hydrazine groups is 1. The number of nitrogens with two attached hydrogens (primary N) is 1. The first kappa shape index (κ1) is 15.3. The third kappa shape index (κ3) is 3.16. The van der Waals surface area contributed by atoms with Crippen molar-refractivity contribution in [1.82, 2.24) is 9.97 Å². The van der Waals surface area contributed by atoms with Gasteiger partial charge in [0.2, 0.25) is 0 Å². The van der Waals surface area contributed by atoms with E-state index in [2.05, 4.69) is 34.1 Å². The van der Waals surface area contributed by atoms with Crippen molar-refractivity contribution in [2.75, 3.05) is 17.4 Å². The maximum atomic E-state index is 5.58. The van der Waals surface area contributed by atoms with Crippen molar-refractivity contribution >= 4 is 11.6 Å². The lowest BCUT2D eigenvalue weighted by atomic mass is 10.2. The summed E-state index contributed by atoms with van der Waals surface area (Å²) in [4.78, 5) is 11.2. The lowest BCUT2D eigenvalue weighted by Crippen LogP contribution is -2.22. The summed E-state index contributed by atoms with van der Waals surface area (Å²) in [6.45, 7) is 8.78. The topological polar surface area (TPSA) is 80.2 Å². The second-order valence-electron chi connectivity index (χ2n) is 5.54. The molecule has 0 amide bonds. The fourth-order valence-corrected chi connectivity index (χ4v) is 2.20. The Morgan fingerprint density at radius 3 is 2.57 bits per heavy atom. The highest BCUT2D eigenvalue weighted by molar-refractivity contribution is 5.58. The molecule has 2 aromatic rings. The molecule has 0 atom stereocenters. The molecule has 0 aliphatic carbocycles. The van der Waals surface area contributed by atoms with Crippen LogP contribution in [0.5, 0.6) is 0 Å². The summed E-state index contributed by atoms with van der Waals surface area (Å²) in [7, 11) is 2.01. The Morgan fingerprint density at radius 1 is 1.33 bits per heavy atom. The molecule has 0 aliphatic heterocycles. The van der Waals surface area contributed by atoms with Crippen molar-refractivity contribution in [3.8, 4) is 0 Å². The van der Waals surface area contributed by atoms with Gasteiger partial charge in [0.15, 0.2) is 0 Å². The van der Waals surface area contributed by atoms with E-state index in [1.165, 1.54) is 0 Å². The number of furan rings is 1. The second-order valence-corrected chi connectivity index (χ2v) is 5.54. The second kappa shape index (κ2) is 6.13. The number of rotatable bonds is 5. The van der Waals surface area contributed by atoms with E-state index < -0.39 is 0 Å². The minimum atomic E-state index is 0.237. The normalized spacial score (nSPS) is 11.0. The molecule has 0 bridgehead atoms. The molecular weight excluding hydrogens is 266 g/mol. The van der Waals surface area contributed by atoms with Gasteiger partial charge in [0.25, 0.3) is 0 Å². The number of hydrogen-bond acceptors (Lipinski definition) is 6. The Kier molecular flexibility index (Phi) is 4.47. The summed E-state index contributed by atoms with van der Waals surface area (Å²) >= 11 is 0. The molecule has 2 heterocycles.